The average molecular weight is 667 g/mol. The summed E-state index contributed by atoms with van der Waals surface area (Å²) in [7, 11) is 0. The van der Waals surface area contributed by atoms with E-state index in [2.05, 4.69) is 33.6 Å². The molecule has 0 spiro atoms. The minimum absolute atomic E-state index is 0.0401. The lowest BCUT2D eigenvalue weighted by atomic mass is 10.0. The summed E-state index contributed by atoms with van der Waals surface area (Å²) in [5.41, 5.74) is 3.16. The highest BCUT2D eigenvalue weighted by atomic mass is 19.1. The minimum Gasteiger partial charge on any atom is -0.494 e. The number of esters is 2. The highest BCUT2D eigenvalue weighted by molar-refractivity contribution is 5.86. The van der Waals surface area contributed by atoms with E-state index in [0.717, 1.165) is 54.3 Å². The molecule has 4 unspecified atom stereocenters. The topological polar surface area (TPSA) is 112 Å². The van der Waals surface area contributed by atoms with Crippen LogP contribution in [0.2, 0.25) is 0 Å². The maximum absolute atomic E-state index is 14.7. The van der Waals surface area contributed by atoms with Gasteiger partial charge in [0.1, 0.15) is 17.4 Å². The molecule has 0 aliphatic heterocycles. The molecule has 2 aromatic carbocycles. The van der Waals surface area contributed by atoms with Crippen molar-refractivity contribution >= 4 is 23.6 Å². The van der Waals surface area contributed by atoms with E-state index in [1.807, 2.05) is 54.6 Å². The Labute approximate surface area is 286 Å². The molecule has 4 aromatic rings. The molecule has 2 saturated carbocycles. The number of ether oxygens (including phenoxy) is 3. The summed E-state index contributed by atoms with van der Waals surface area (Å²) in [6.45, 7) is 4.46. The number of aryl methyl sites for hydroxylation is 1. The standard InChI is InChI=1S/C39H43FN4O5/c1-26-20-30(47-18-6-16-43-36-8-2-4-14-41-36)11-12-31(26)33-22-29(33)25-39(46)49-38(45)24-28-21-32(28)27-10-13-35(34(40)23-27)48-19-7-17-44-37-9-3-5-15-42-37/h2-5,8-15,20,23,28-29,32-33H,6-7,16-19,21-22,24-25H2,1H3,(H,41,43)(H,42,44). The fraction of sp³-hybridized carbons (Fsp3) is 0.385. The molecule has 6 rings (SSSR count). The zero-order chi connectivity index (χ0) is 34.0. The van der Waals surface area contributed by atoms with Gasteiger partial charge in [0.15, 0.2) is 11.6 Å². The summed E-state index contributed by atoms with van der Waals surface area (Å²) in [6, 6.07) is 22.5. The van der Waals surface area contributed by atoms with Gasteiger partial charge in [-0.25, -0.2) is 14.4 Å². The number of hydrogen-bond donors (Lipinski definition) is 2. The van der Waals surface area contributed by atoms with Crippen molar-refractivity contribution in [3.8, 4) is 11.5 Å². The Balaban J connectivity index is 0.854. The van der Waals surface area contributed by atoms with Gasteiger partial charge in [-0.2, -0.15) is 0 Å². The summed E-state index contributed by atoms with van der Waals surface area (Å²) >= 11 is 0. The van der Waals surface area contributed by atoms with Crippen molar-refractivity contribution in [2.45, 2.75) is 57.3 Å². The monoisotopic (exact) mass is 666 g/mol. The van der Waals surface area contributed by atoms with Gasteiger partial charge in [0, 0.05) is 38.3 Å². The van der Waals surface area contributed by atoms with Gasteiger partial charge < -0.3 is 24.8 Å². The van der Waals surface area contributed by atoms with E-state index in [-0.39, 0.29) is 42.3 Å². The Kier molecular flexibility index (Phi) is 11.4. The molecular weight excluding hydrogens is 623 g/mol. The van der Waals surface area contributed by atoms with Gasteiger partial charge in [0.05, 0.1) is 13.2 Å². The van der Waals surface area contributed by atoms with Gasteiger partial charge in [-0.3, -0.25) is 9.59 Å². The lowest BCUT2D eigenvalue weighted by Gasteiger charge is -2.11. The quantitative estimate of drug-likeness (QED) is 0.0636. The van der Waals surface area contributed by atoms with Crippen molar-refractivity contribution in [1.29, 1.82) is 0 Å². The first kappa shape index (κ1) is 33.9. The molecule has 9 nitrogen and oxygen atoms in total. The predicted octanol–water partition coefficient (Wildman–Crippen LogP) is 7.44. The van der Waals surface area contributed by atoms with Crippen LogP contribution >= 0.6 is 0 Å². The van der Waals surface area contributed by atoms with Gasteiger partial charge >= 0.3 is 11.9 Å². The molecule has 2 N–H and O–H groups in total. The van der Waals surface area contributed by atoms with Crippen LogP contribution in [0, 0.1) is 24.6 Å². The second kappa shape index (κ2) is 16.4. The van der Waals surface area contributed by atoms with Crippen LogP contribution in [0.25, 0.3) is 0 Å². The fourth-order valence-electron chi connectivity index (χ4n) is 6.28. The molecule has 0 amide bonds. The van der Waals surface area contributed by atoms with E-state index in [1.165, 1.54) is 11.6 Å². The number of halogens is 1. The largest absolute Gasteiger partial charge is 0.494 e. The zero-order valence-corrected chi connectivity index (χ0v) is 27.8. The Bertz CT molecular complexity index is 1710. The van der Waals surface area contributed by atoms with E-state index >= 15 is 0 Å². The van der Waals surface area contributed by atoms with Crippen molar-refractivity contribution in [3.63, 3.8) is 0 Å². The van der Waals surface area contributed by atoms with Crippen molar-refractivity contribution in [2.75, 3.05) is 36.9 Å². The summed E-state index contributed by atoms with van der Waals surface area (Å²) in [5, 5.41) is 6.47. The maximum Gasteiger partial charge on any atom is 0.313 e. The van der Waals surface area contributed by atoms with Crippen LogP contribution < -0.4 is 20.1 Å². The molecule has 2 aromatic heterocycles. The van der Waals surface area contributed by atoms with Crippen molar-refractivity contribution in [1.82, 2.24) is 9.97 Å². The molecule has 10 heteroatoms. The summed E-state index contributed by atoms with van der Waals surface area (Å²) in [4.78, 5) is 33.6. The first-order valence-corrected chi connectivity index (χ1v) is 17.1. The Morgan fingerprint density at radius 2 is 1.41 bits per heavy atom. The van der Waals surface area contributed by atoms with Gasteiger partial charge in [-0.05, 0) is 121 Å². The Morgan fingerprint density at radius 1 is 0.776 bits per heavy atom. The van der Waals surface area contributed by atoms with Crippen LogP contribution in [0.1, 0.15) is 67.1 Å². The number of aromatic nitrogens is 2. The van der Waals surface area contributed by atoms with Gasteiger partial charge in [-0.15, -0.1) is 0 Å². The summed E-state index contributed by atoms with van der Waals surface area (Å²) in [5.74, 6) is 1.82. The number of hydrogen-bond acceptors (Lipinski definition) is 9. The summed E-state index contributed by atoms with van der Waals surface area (Å²) in [6.07, 6.45) is 7.04. The molecule has 0 radical (unpaired) electrons. The molecule has 256 valence electrons. The van der Waals surface area contributed by atoms with E-state index in [9.17, 15) is 14.0 Å². The SMILES string of the molecule is Cc1cc(OCCCNc2ccccn2)ccc1C1CC1CC(=O)OC(=O)CC1CC1c1ccc(OCCCNc2ccccn2)c(F)c1. The van der Waals surface area contributed by atoms with Crippen LogP contribution in [0.4, 0.5) is 16.0 Å². The molecule has 2 fully saturated rings. The van der Waals surface area contributed by atoms with Crippen molar-refractivity contribution in [2.24, 2.45) is 11.8 Å². The van der Waals surface area contributed by atoms with Crippen LogP contribution in [-0.4, -0.2) is 48.2 Å². The lowest BCUT2D eigenvalue weighted by Crippen LogP contribution is -2.13. The maximum atomic E-state index is 14.7. The van der Waals surface area contributed by atoms with E-state index in [0.29, 0.717) is 26.2 Å². The number of carbonyl (C=O) groups excluding carboxylic acids is 2. The molecule has 2 heterocycles. The van der Waals surface area contributed by atoms with Crippen LogP contribution in [0.3, 0.4) is 0 Å². The molecule has 0 bridgehead atoms. The lowest BCUT2D eigenvalue weighted by molar-refractivity contribution is -0.160. The van der Waals surface area contributed by atoms with Crippen LogP contribution in [0.15, 0.2) is 85.2 Å². The van der Waals surface area contributed by atoms with Crippen molar-refractivity contribution in [3.05, 3.63) is 108 Å². The normalized spacial score (nSPS) is 19.1. The summed E-state index contributed by atoms with van der Waals surface area (Å²) < 4.78 is 31.5. The van der Waals surface area contributed by atoms with Gasteiger partial charge in [-0.1, -0.05) is 24.3 Å². The number of carbonyl (C=O) groups is 2. The third-order valence-electron chi connectivity index (χ3n) is 9.07. The number of pyridine rings is 2. The highest BCUT2D eigenvalue weighted by Gasteiger charge is 2.43. The number of anilines is 2. The smallest absolute Gasteiger partial charge is 0.313 e. The number of benzene rings is 2. The third kappa shape index (κ3) is 10.0. The number of nitrogens with one attached hydrogen (secondary N) is 2. The van der Waals surface area contributed by atoms with E-state index in [1.54, 1.807) is 18.5 Å². The first-order chi connectivity index (χ1) is 23.9. The molecule has 2 aliphatic rings. The molecular formula is C39H43FN4O5. The van der Waals surface area contributed by atoms with Crippen LogP contribution in [0.5, 0.6) is 11.5 Å². The second-order valence-electron chi connectivity index (χ2n) is 12.9. The molecule has 0 saturated heterocycles. The van der Waals surface area contributed by atoms with Crippen LogP contribution in [-0.2, 0) is 14.3 Å². The van der Waals surface area contributed by atoms with E-state index < -0.39 is 17.8 Å². The molecule has 49 heavy (non-hydrogen) atoms. The Morgan fingerprint density at radius 3 is 2.02 bits per heavy atom. The molecule has 4 atom stereocenters. The van der Waals surface area contributed by atoms with Gasteiger partial charge in [0.2, 0.25) is 0 Å². The molecule has 2 aliphatic carbocycles. The van der Waals surface area contributed by atoms with E-state index in [4.69, 9.17) is 14.2 Å². The fourth-order valence-corrected chi connectivity index (χ4v) is 6.28. The zero-order valence-electron chi connectivity index (χ0n) is 27.8. The first-order valence-electron chi connectivity index (χ1n) is 17.1. The minimum atomic E-state index is -0.512. The Hall–Kier alpha value is -4.99. The highest BCUT2D eigenvalue weighted by Crippen LogP contribution is 2.52. The van der Waals surface area contributed by atoms with Crippen molar-refractivity contribution < 1.29 is 28.2 Å². The second-order valence-corrected chi connectivity index (χ2v) is 12.9. The van der Waals surface area contributed by atoms with Gasteiger partial charge in [0.25, 0.3) is 0 Å². The predicted molar refractivity (Wildman–Crippen MR) is 185 cm³/mol. The average Bonchev–Trinajstić information content (AvgIpc) is 4.03. The number of nitrogens with zero attached hydrogens (tertiary/aromatic N) is 2. The third-order valence-corrected chi connectivity index (χ3v) is 9.07. The number of rotatable bonds is 18.